The van der Waals surface area contributed by atoms with Crippen LogP contribution in [0, 0.1) is 0 Å². The summed E-state index contributed by atoms with van der Waals surface area (Å²) >= 11 is 0. The predicted octanol–water partition coefficient (Wildman–Crippen LogP) is 3.72. The SMILES string of the molecule is COc1ccc(CCNC(=O)CC(C)(C)c2ccccc2)cc1. The van der Waals surface area contributed by atoms with E-state index in [1.54, 1.807) is 7.11 Å². The first-order valence-corrected chi connectivity index (χ1v) is 7.96. The lowest BCUT2D eigenvalue weighted by Gasteiger charge is -2.24. The van der Waals surface area contributed by atoms with E-state index < -0.39 is 0 Å². The highest BCUT2D eigenvalue weighted by atomic mass is 16.5. The molecule has 0 radical (unpaired) electrons. The fourth-order valence-corrected chi connectivity index (χ4v) is 2.59. The molecule has 0 fully saturated rings. The fourth-order valence-electron chi connectivity index (χ4n) is 2.59. The molecular weight excluding hydrogens is 286 g/mol. The van der Waals surface area contributed by atoms with E-state index in [1.165, 1.54) is 11.1 Å². The normalized spacial score (nSPS) is 11.1. The Balaban J connectivity index is 1.80. The van der Waals surface area contributed by atoms with Crippen molar-refractivity contribution in [1.82, 2.24) is 5.32 Å². The molecule has 3 heteroatoms. The average molecular weight is 311 g/mol. The van der Waals surface area contributed by atoms with Crippen molar-refractivity contribution in [3.63, 3.8) is 0 Å². The van der Waals surface area contributed by atoms with Crippen molar-refractivity contribution in [2.24, 2.45) is 0 Å². The predicted molar refractivity (Wildman–Crippen MR) is 93.8 cm³/mol. The van der Waals surface area contributed by atoms with Gasteiger partial charge in [0.05, 0.1) is 7.11 Å². The summed E-state index contributed by atoms with van der Waals surface area (Å²) in [6.07, 6.45) is 1.31. The second-order valence-electron chi connectivity index (χ2n) is 6.37. The molecule has 0 atom stereocenters. The Hall–Kier alpha value is -2.29. The van der Waals surface area contributed by atoms with Gasteiger partial charge in [-0.15, -0.1) is 0 Å². The zero-order chi connectivity index (χ0) is 16.7. The molecule has 23 heavy (non-hydrogen) atoms. The zero-order valence-corrected chi connectivity index (χ0v) is 14.1. The van der Waals surface area contributed by atoms with Crippen LogP contribution in [0.25, 0.3) is 0 Å². The van der Waals surface area contributed by atoms with E-state index in [9.17, 15) is 4.79 Å². The number of carbonyl (C=O) groups is 1. The molecule has 0 aliphatic heterocycles. The maximum atomic E-state index is 12.2. The Kier molecular flexibility index (Phi) is 5.80. The Labute approximate surface area is 138 Å². The summed E-state index contributed by atoms with van der Waals surface area (Å²) < 4.78 is 5.14. The molecule has 0 unspecified atom stereocenters. The maximum absolute atomic E-state index is 12.2. The summed E-state index contributed by atoms with van der Waals surface area (Å²) in [4.78, 5) is 12.2. The zero-order valence-electron chi connectivity index (χ0n) is 14.1. The lowest BCUT2D eigenvalue weighted by molar-refractivity contribution is -0.122. The van der Waals surface area contributed by atoms with Gasteiger partial charge in [0.25, 0.3) is 0 Å². The summed E-state index contributed by atoms with van der Waals surface area (Å²) in [5.74, 6) is 0.940. The molecule has 2 rings (SSSR count). The van der Waals surface area contributed by atoms with Gasteiger partial charge in [0.2, 0.25) is 5.91 Å². The highest BCUT2D eigenvalue weighted by Gasteiger charge is 2.23. The molecule has 1 amide bonds. The van der Waals surface area contributed by atoms with Crippen LogP contribution in [-0.4, -0.2) is 19.6 Å². The van der Waals surface area contributed by atoms with Gasteiger partial charge in [-0.05, 0) is 35.1 Å². The van der Waals surface area contributed by atoms with Gasteiger partial charge in [0, 0.05) is 13.0 Å². The van der Waals surface area contributed by atoms with Gasteiger partial charge in [0.1, 0.15) is 5.75 Å². The van der Waals surface area contributed by atoms with Crippen molar-refractivity contribution >= 4 is 5.91 Å². The molecule has 0 saturated heterocycles. The first-order chi connectivity index (χ1) is 11.0. The molecule has 0 spiro atoms. The van der Waals surface area contributed by atoms with Crippen molar-refractivity contribution in [2.45, 2.75) is 32.1 Å². The molecule has 3 nitrogen and oxygen atoms in total. The number of hydrogen-bond donors (Lipinski definition) is 1. The van der Waals surface area contributed by atoms with Crippen LogP contribution in [0.4, 0.5) is 0 Å². The van der Waals surface area contributed by atoms with E-state index in [4.69, 9.17) is 4.74 Å². The molecule has 2 aromatic rings. The number of rotatable bonds is 7. The molecule has 0 aliphatic rings. The standard InChI is InChI=1S/C20H25NO2/c1-20(2,17-7-5-4-6-8-17)15-19(22)21-14-13-16-9-11-18(23-3)12-10-16/h4-12H,13-15H2,1-3H3,(H,21,22). The number of nitrogens with one attached hydrogen (secondary N) is 1. The molecule has 0 saturated carbocycles. The highest BCUT2D eigenvalue weighted by molar-refractivity contribution is 5.77. The fraction of sp³-hybridized carbons (Fsp3) is 0.350. The van der Waals surface area contributed by atoms with Gasteiger partial charge in [-0.3, -0.25) is 4.79 Å². The molecule has 122 valence electrons. The third-order valence-electron chi connectivity index (χ3n) is 4.05. The summed E-state index contributed by atoms with van der Waals surface area (Å²) in [5, 5.41) is 3.02. The Morgan fingerprint density at radius 1 is 1.04 bits per heavy atom. The van der Waals surface area contributed by atoms with Crippen molar-refractivity contribution in [2.75, 3.05) is 13.7 Å². The molecule has 0 bridgehead atoms. The van der Waals surface area contributed by atoms with E-state index in [2.05, 4.69) is 31.3 Å². The molecule has 2 aromatic carbocycles. The number of ether oxygens (including phenoxy) is 1. The summed E-state index contributed by atoms with van der Waals surface area (Å²) in [6, 6.07) is 18.1. The van der Waals surface area contributed by atoms with Crippen LogP contribution in [-0.2, 0) is 16.6 Å². The maximum Gasteiger partial charge on any atom is 0.220 e. The van der Waals surface area contributed by atoms with Crippen molar-refractivity contribution < 1.29 is 9.53 Å². The van der Waals surface area contributed by atoms with E-state index in [0.29, 0.717) is 13.0 Å². The third kappa shape index (κ3) is 5.13. The molecule has 0 aromatic heterocycles. The first kappa shape index (κ1) is 17.1. The van der Waals surface area contributed by atoms with E-state index >= 15 is 0 Å². The van der Waals surface area contributed by atoms with Crippen LogP contribution in [0.2, 0.25) is 0 Å². The lowest BCUT2D eigenvalue weighted by atomic mass is 9.81. The van der Waals surface area contributed by atoms with Gasteiger partial charge in [-0.2, -0.15) is 0 Å². The largest absolute Gasteiger partial charge is 0.497 e. The second-order valence-corrected chi connectivity index (χ2v) is 6.37. The van der Waals surface area contributed by atoms with Crippen LogP contribution in [0.15, 0.2) is 54.6 Å². The summed E-state index contributed by atoms with van der Waals surface area (Å²) in [6.45, 7) is 4.85. The van der Waals surface area contributed by atoms with Gasteiger partial charge < -0.3 is 10.1 Å². The van der Waals surface area contributed by atoms with Crippen LogP contribution < -0.4 is 10.1 Å². The van der Waals surface area contributed by atoms with E-state index in [0.717, 1.165) is 12.2 Å². The second kappa shape index (κ2) is 7.82. The third-order valence-corrected chi connectivity index (χ3v) is 4.05. The van der Waals surface area contributed by atoms with Gasteiger partial charge in [-0.1, -0.05) is 56.3 Å². The quantitative estimate of drug-likeness (QED) is 0.846. The number of hydrogen-bond acceptors (Lipinski definition) is 2. The molecule has 1 N–H and O–H groups in total. The Bertz CT molecular complexity index is 618. The Morgan fingerprint density at radius 2 is 1.70 bits per heavy atom. The monoisotopic (exact) mass is 311 g/mol. The smallest absolute Gasteiger partial charge is 0.220 e. The number of benzene rings is 2. The van der Waals surface area contributed by atoms with Crippen LogP contribution in [0.3, 0.4) is 0 Å². The minimum atomic E-state index is -0.161. The summed E-state index contributed by atoms with van der Waals surface area (Å²) in [7, 11) is 1.66. The lowest BCUT2D eigenvalue weighted by Crippen LogP contribution is -2.32. The number of carbonyl (C=O) groups excluding carboxylic acids is 1. The van der Waals surface area contributed by atoms with Crippen LogP contribution >= 0.6 is 0 Å². The molecular formula is C20H25NO2. The van der Waals surface area contributed by atoms with Gasteiger partial charge in [-0.25, -0.2) is 0 Å². The van der Waals surface area contributed by atoms with Gasteiger partial charge in [0.15, 0.2) is 0 Å². The topological polar surface area (TPSA) is 38.3 Å². The minimum Gasteiger partial charge on any atom is -0.497 e. The van der Waals surface area contributed by atoms with Crippen molar-refractivity contribution in [3.8, 4) is 5.75 Å². The molecule has 0 aliphatic carbocycles. The van der Waals surface area contributed by atoms with Crippen LogP contribution in [0.1, 0.15) is 31.4 Å². The van der Waals surface area contributed by atoms with Crippen molar-refractivity contribution in [1.29, 1.82) is 0 Å². The van der Waals surface area contributed by atoms with Crippen LogP contribution in [0.5, 0.6) is 5.75 Å². The number of methoxy groups -OCH3 is 1. The summed E-state index contributed by atoms with van der Waals surface area (Å²) in [5.41, 5.74) is 2.21. The molecule has 0 heterocycles. The van der Waals surface area contributed by atoms with Gasteiger partial charge >= 0.3 is 0 Å². The minimum absolute atomic E-state index is 0.0902. The highest BCUT2D eigenvalue weighted by Crippen LogP contribution is 2.26. The van der Waals surface area contributed by atoms with E-state index in [1.807, 2.05) is 42.5 Å². The average Bonchev–Trinajstić information content (AvgIpc) is 2.56. The van der Waals surface area contributed by atoms with Crippen molar-refractivity contribution in [3.05, 3.63) is 65.7 Å². The number of amides is 1. The Morgan fingerprint density at radius 3 is 2.30 bits per heavy atom. The van der Waals surface area contributed by atoms with E-state index in [-0.39, 0.29) is 11.3 Å². The first-order valence-electron chi connectivity index (χ1n) is 7.96.